The first-order valence-electron chi connectivity index (χ1n) is 9.01. The van der Waals surface area contributed by atoms with Crippen molar-refractivity contribution in [3.8, 4) is 5.82 Å². The summed E-state index contributed by atoms with van der Waals surface area (Å²) in [5, 5.41) is 7.40. The molecule has 12 heteroatoms. The molecule has 0 amide bonds. The molecule has 164 valence electrons. The highest BCUT2D eigenvalue weighted by Gasteiger charge is 2.36. The Labute approximate surface area is 183 Å². The summed E-state index contributed by atoms with van der Waals surface area (Å²) in [6.07, 6.45) is -0.197. The van der Waals surface area contributed by atoms with Crippen molar-refractivity contribution in [1.82, 2.24) is 25.0 Å². The molecular weight excluding hydrogens is 481 g/mol. The lowest BCUT2D eigenvalue weighted by Gasteiger charge is -2.18. The summed E-state index contributed by atoms with van der Waals surface area (Å²) < 4.78 is 46.5. The quantitative estimate of drug-likeness (QED) is 0.530. The van der Waals surface area contributed by atoms with E-state index in [0.717, 1.165) is 10.9 Å². The van der Waals surface area contributed by atoms with Gasteiger partial charge in [0.05, 0.1) is 23.0 Å². The average Bonchev–Trinajstić information content (AvgIpc) is 3.24. The molecule has 1 atom stereocenters. The smallest absolute Gasteiger partial charge is 0.383 e. The van der Waals surface area contributed by atoms with Crippen molar-refractivity contribution in [2.75, 3.05) is 12.8 Å². The number of ketones is 1. The van der Waals surface area contributed by atoms with E-state index in [1.54, 1.807) is 6.92 Å². The fraction of sp³-hybridized carbons (Fsp3) is 0.316. The lowest BCUT2D eigenvalue weighted by Crippen LogP contribution is -2.16. The van der Waals surface area contributed by atoms with Crippen molar-refractivity contribution >= 4 is 27.5 Å². The Kier molecular flexibility index (Phi) is 6.70. The number of pyridine rings is 2. The maximum absolute atomic E-state index is 13.5. The summed E-state index contributed by atoms with van der Waals surface area (Å²) in [6, 6.07) is 0.888. The first kappa shape index (κ1) is 22.8. The molecule has 0 unspecified atom stereocenters. The molecule has 0 aliphatic rings. The van der Waals surface area contributed by atoms with Crippen LogP contribution < -0.4 is 5.73 Å². The Bertz CT molecular complexity index is 1090. The predicted octanol–water partition coefficient (Wildman–Crippen LogP) is 3.48. The van der Waals surface area contributed by atoms with Gasteiger partial charge in [0.15, 0.2) is 5.82 Å². The highest BCUT2D eigenvalue weighted by atomic mass is 79.9. The van der Waals surface area contributed by atoms with Gasteiger partial charge in [0.1, 0.15) is 17.2 Å². The van der Waals surface area contributed by atoms with E-state index in [9.17, 15) is 18.0 Å². The third-order valence-electron chi connectivity index (χ3n) is 4.55. The number of nitrogens with zero attached hydrogens (tertiary/aromatic N) is 5. The topological polar surface area (TPSA) is 109 Å². The van der Waals surface area contributed by atoms with Crippen LogP contribution in [0.15, 0.2) is 35.3 Å². The Balaban J connectivity index is 1.87. The van der Waals surface area contributed by atoms with Gasteiger partial charge in [0.2, 0.25) is 0 Å². The lowest BCUT2D eigenvalue weighted by atomic mass is 9.98. The van der Waals surface area contributed by atoms with Crippen LogP contribution in [-0.4, -0.2) is 37.9 Å². The summed E-state index contributed by atoms with van der Waals surface area (Å²) in [5.41, 5.74) is 6.15. The first-order valence-corrected chi connectivity index (χ1v) is 9.81. The van der Waals surface area contributed by atoms with E-state index in [1.165, 1.54) is 31.9 Å². The van der Waals surface area contributed by atoms with Crippen molar-refractivity contribution in [2.45, 2.75) is 32.0 Å². The number of ether oxygens (including phenoxy) is 1. The van der Waals surface area contributed by atoms with Crippen LogP contribution in [0.1, 0.15) is 35.3 Å². The number of rotatable bonds is 7. The lowest BCUT2D eigenvalue weighted by molar-refractivity contribution is -0.138. The van der Waals surface area contributed by atoms with Crippen molar-refractivity contribution in [3.05, 3.63) is 57.6 Å². The number of carbonyl (C=O) groups excluding carboxylic acids is 1. The zero-order valence-corrected chi connectivity index (χ0v) is 18.1. The summed E-state index contributed by atoms with van der Waals surface area (Å²) in [5.74, 6) is -0.531. The molecule has 3 aromatic rings. The van der Waals surface area contributed by atoms with Gasteiger partial charge in [-0.2, -0.15) is 23.4 Å². The van der Waals surface area contributed by atoms with Crippen LogP contribution in [-0.2, 0) is 28.5 Å². The molecule has 0 bridgehead atoms. The van der Waals surface area contributed by atoms with Gasteiger partial charge in [-0.15, -0.1) is 4.80 Å². The van der Waals surface area contributed by atoms with Crippen molar-refractivity contribution < 1.29 is 22.7 Å². The molecule has 8 nitrogen and oxygen atoms in total. The molecule has 0 saturated heterocycles. The summed E-state index contributed by atoms with van der Waals surface area (Å²) in [4.78, 5) is 21.3. The van der Waals surface area contributed by atoms with Gasteiger partial charge in [-0.25, -0.2) is 9.97 Å². The molecular formula is C19H18BrF3N6O2. The fourth-order valence-corrected chi connectivity index (χ4v) is 3.72. The largest absolute Gasteiger partial charge is 0.420 e. The Hall–Kier alpha value is -2.86. The predicted molar refractivity (Wildman–Crippen MR) is 108 cm³/mol. The molecule has 0 saturated carbocycles. The maximum atomic E-state index is 13.5. The van der Waals surface area contributed by atoms with Crippen LogP contribution in [0, 0.1) is 0 Å². The molecule has 0 radical (unpaired) electrons. The van der Waals surface area contributed by atoms with Crippen LogP contribution in [0.3, 0.4) is 0 Å². The first-order chi connectivity index (χ1) is 14.6. The number of anilines is 1. The Morgan fingerprint density at radius 1 is 1.23 bits per heavy atom. The zero-order chi connectivity index (χ0) is 22.8. The fourth-order valence-electron chi connectivity index (χ4n) is 3.04. The standard InChI is InChI=1S/C19H18BrF3N6O2/c1-10(31-2)15-12(9-25-17(24)16(15)20)7-13(30)5-11-6-14(19(21,22)23)18(26-8-11)29-27-3-4-28-29/h3-4,6,8-10H,5,7H2,1-2H3,(H2,24,25)/t10-/m0/s1. The molecule has 3 rings (SSSR count). The number of methoxy groups -OCH3 is 1. The van der Waals surface area contributed by atoms with E-state index in [-0.39, 0.29) is 36.1 Å². The second-order valence-corrected chi connectivity index (χ2v) is 7.49. The summed E-state index contributed by atoms with van der Waals surface area (Å²) >= 11 is 3.36. The third kappa shape index (κ3) is 5.07. The number of aromatic nitrogens is 5. The number of Topliss-reactive ketones (excluding diaryl/α,β-unsaturated/α-hetero) is 1. The van der Waals surface area contributed by atoms with Crippen LogP contribution in [0.2, 0.25) is 0 Å². The minimum atomic E-state index is -4.69. The number of alkyl halides is 3. The van der Waals surface area contributed by atoms with Gasteiger partial charge >= 0.3 is 6.18 Å². The summed E-state index contributed by atoms with van der Waals surface area (Å²) in [6.45, 7) is 1.79. The monoisotopic (exact) mass is 498 g/mol. The molecule has 0 aliphatic heterocycles. The highest BCUT2D eigenvalue weighted by Crippen LogP contribution is 2.34. The number of nitrogen functional groups attached to an aromatic ring is 1. The van der Waals surface area contributed by atoms with Gasteiger partial charge in [0.25, 0.3) is 0 Å². The zero-order valence-electron chi connectivity index (χ0n) is 16.5. The number of hydrogen-bond donors (Lipinski definition) is 1. The molecule has 0 aliphatic carbocycles. The molecule has 0 fully saturated rings. The van der Waals surface area contributed by atoms with E-state index in [4.69, 9.17) is 10.5 Å². The molecule has 0 aromatic carbocycles. The minimum Gasteiger partial charge on any atom is -0.383 e. The second-order valence-electron chi connectivity index (χ2n) is 6.70. The Morgan fingerprint density at radius 3 is 2.52 bits per heavy atom. The molecule has 2 N–H and O–H groups in total. The maximum Gasteiger partial charge on any atom is 0.420 e. The number of carbonyl (C=O) groups is 1. The third-order valence-corrected chi connectivity index (χ3v) is 5.39. The van der Waals surface area contributed by atoms with E-state index >= 15 is 0 Å². The molecule has 31 heavy (non-hydrogen) atoms. The van der Waals surface area contributed by atoms with E-state index in [0.29, 0.717) is 15.6 Å². The summed E-state index contributed by atoms with van der Waals surface area (Å²) in [7, 11) is 1.51. The normalized spacial score (nSPS) is 12.7. The number of halogens is 4. The highest BCUT2D eigenvalue weighted by molar-refractivity contribution is 9.10. The number of hydrogen-bond acceptors (Lipinski definition) is 7. The van der Waals surface area contributed by atoms with Gasteiger partial charge in [-0.05, 0) is 40.0 Å². The molecule has 3 aromatic heterocycles. The average molecular weight is 499 g/mol. The van der Waals surface area contributed by atoms with E-state index in [2.05, 4.69) is 36.1 Å². The van der Waals surface area contributed by atoms with Gasteiger partial charge < -0.3 is 10.5 Å². The van der Waals surface area contributed by atoms with Gasteiger partial charge in [-0.3, -0.25) is 4.79 Å². The van der Waals surface area contributed by atoms with Crippen molar-refractivity contribution in [3.63, 3.8) is 0 Å². The van der Waals surface area contributed by atoms with Crippen LogP contribution in [0.4, 0.5) is 19.0 Å². The number of nitrogens with two attached hydrogens (primary N) is 1. The van der Waals surface area contributed by atoms with Crippen molar-refractivity contribution in [1.29, 1.82) is 0 Å². The van der Waals surface area contributed by atoms with Gasteiger partial charge in [-0.1, -0.05) is 0 Å². The van der Waals surface area contributed by atoms with E-state index in [1.807, 2.05) is 0 Å². The van der Waals surface area contributed by atoms with E-state index < -0.39 is 17.6 Å². The van der Waals surface area contributed by atoms with Crippen molar-refractivity contribution in [2.24, 2.45) is 0 Å². The van der Waals surface area contributed by atoms with Crippen LogP contribution >= 0.6 is 15.9 Å². The van der Waals surface area contributed by atoms with Gasteiger partial charge in [0, 0.05) is 37.9 Å². The van der Waals surface area contributed by atoms with Crippen LogP contribution in [0.5, 0.6) is 0 Å². The minimum absolute atomic E-state index is 0.0568. The van der Waals surface area contributed by atoms with Crippen LogP contribution in [0.25, 0.3) is 5.82 Å². The Morgan fingerprint density at radius 2 is 1.90 bits per heavy atom. The SMILES string of the molecule is CO[C@@H](C)c1c(CC(=O)Cc2cnc(-n3nccn3)c(C(F)(F)F)c2)cnc(N)c1Br. The molecule has 0 spiro atoms. The second kappa shape index (κ2) is 9.10. The molecule has 3 heterocycles.